The Balaban J connectivity index is 2.00. The van der Waals surface area contributed by atoms with Gasteiger partial charge in [0.2, 0.25) is 5.91 Å². The number of hydrogen-bond acceptors (Lipinski definition) is 5. The molecule has 20 heavy (non-hydrogen) atoms. The Bertz CT molecular complexity index is 586. The van der Waals surface area contributed by atoms with Gasteiger partial charge in [-0.3, -0.25) is 4.79 Å². The van der Waals surface area contributed by atoms with Crippen molar-refractivity contribution in [2.75, 3.05) is 5.32 Å². The van der Waals surface area contributed by atoms with Gasteiger partial charge in [0.15, 0.2) is 4.34 Å². The van der Waals surface area contributed by atoms with Gasteiger partial charge in [0.25, 0.3) is 0 Å². The summed E-state index contributed by atoms with van der Waals surface area (Å²) in [6.07, 6.45) is 0.749. The molecule has 1 heterocycles. The number of thioether (sulfide) groups is 1. The second-order valence-corrected chi connectivity index (χ2v) is 7.98. The van der Waals surface area contributed by atoms with E-state index in [-0.39, 0.29) is 11.2 Å². The summed E-state index contributed by atoms with van der Waals surface area (Å²) in [6, 6.07) is 7.76. The molecule has 0 fully saturated rings. The highest BCUT2D eigenvalue weighted by molar-refractivity contribution is 14.1. The highest BCUT2D eigenvalue weighted by atomic mass is 127. The molecule has 106 valence electrons. The van der Waals surface area contributed by atoms with E-state index in [0.29, 0.717) is 0 Å². The summed E-state index contributed by atoms with van der Waals surface area (Å²) in [5.74, 6) is 0.00608. The van der Waals surface area contributed by atoms with Crippen molar-refractivity contribution in [2.24, 2.45) is 0 Å². The zero-order valence-corrected chi connectivity index (χ0v) is 14.9. The number of halogens is 1. The number of nitrogens with one attached hydrogen (secondary N) is 1. The Kier molecular flexibility index (Phi) is 5.79. The van der Waals surface area contributed by atoms with E-state index < -0.39 is 0 Å². The van der Waals surface area contributed by atoms with Crippen LogP contribution in [0.1, 0.15) is 18.4 Å². The molecule has 1 aromatic carbocycles. The molecule has 0 spiro atoms. The fraction of sp³-hybridized carbons (Fsp3) is 0.308. The fourth-order valence-corrected chi connectivity index (χ4v) is 3.87. The summed E-state index contributed by atoms with van der Waals surface area (Å²) < 4.78 is 1.98. The van der Waals surface area contributed by atoms with Crippen LogP contribution in [-0.4, -0.2) is 21.4 Å². The molecule has 0 aliphatic carbocycles. The lowest BCUT2D eigenvalue weighted by Crippen LogP contribution is -2.24. The topological polar surface area (TPSA) is 54.9 Å². The molecular weight excluding hydrogens is 405 g/mol. The highest BCUT2D eigenvalue weighted by Crippen LogP contribution is 2.28. The zero-order chi connectivity index (χ0) is 14.5. The molecule has 4 nitrogen and oxygen atoms in total. The third-order valence-electron chi connectivity index (χ3n) is 2.53. The van der Waals surface area contributed by atoms with Gasteiger partial charge in [-0.05, 0) is 60.2 Å². The monoisotopic (exact) mass is 419 g/mol. The van der Waals surface area contributed by atoms with Crippen LogP contribution in [0.25, 0.3) is 0 Å². The number of amides is 1. The van der Waals surface area contributed by atoms with Gasteiger partial charge < -0.3 is 5.32 Å². The number of aryl methyl sites for hydroxylation is 1. The van der Waals surface area contributed by atoms with Crippen molar-refractivity contribution in [1.29, 1.82) is 0 Å². The van der Waals surface area contributed by atoms with Crippen LogP contribution < -0.4 is 5.32 Å². The van der Waals surface area contributed by atoms with E-state index in [0.717, 1.165) is 25.0 Å². The summed E-state index contributed by atoms with van der Waals surface area (Å²) in [6.45, 7) is 3.91. The Morgan fingerprint density at radius 1 is 1.40 bits per heavy atom. The third-order valence-corrected chi connectivity index (χ3v) is 5.53. The van der Waals surface area contributed by atoms with Gasteiger partial charge in [0, 0.05) is 9.26 Å². The molecule has 1 atom stereocenters. The normalized spacial score (nSPS) is 12.2. The van der Waals surface area contributed by atoms with Crippen LogP contribution in [0.5, 0.6) is 0 Å². The Labute approximate surface area is 139 Å². The van der Waals surface area contributed by atoms with Gasteiger partial charge in [-0.15, -0.1) is 10.2 Å². The molecular formula is C13H14IN3OS2. The smallest absolute Gasteiger partial charge is 0.237 e. The lowest BCUT2D eigenvalue weighted by atomic mass is 10.3. The van der Waals surface area contributed by atoms with Crippen LogP contribution in [0.4, 0.5) is 5.69 Å². The van der Waals surface area contributed by atoms with Crippen molar-refractivity contribution in [1.82, 2.24) is 10.2 Å². The molecule has 0 saturated heterocycles. The predicted molar refractivity (Wildman–Crippen MR) is 92.4 cm³/mol. The fourth-order valence-electron chi connectivity index (χ4n) is 1.53. The number of aromatic nitrogens is 2. The molecule has 0 bridgehead atoms. The summed E-state index contributed by atoms with van der Waals surface area (Å²) in [5, 5.41) is 11.7. The number of hydrogen-bond donors (Lipinski definition) is 1. The Hall–Kier alpha value is -0.670. The molecule has 1 N–H and O–H groups in total. The lowest BCUT2D eigenvalue weighted by molar-refractivity contribution is -0.115. The van der Waals surface area contributed by atoms with Crippen LogP contribution in [0.2, 0.25) is 0 Å². The molecule has 2 rings (SSSR count). The first-order valence-corrected chi connectivity index (χ1v) is 8.89. The molecule has 0 aliphatic rings. The maximum atomic E-state index is 12.3. The van der Waals surface area contributed by atoms with Crippen LogP contribution in [-0.2, 0) is 4.79 Å². The van der Waals surface area contributed by atoms with E-state index in [9.17, 15) is 4.79 Å². The van der Waals surface area contributed by atoms with Gasteiger partial charge in [0.05, 0.1) is 5.25 Å². The first kappa shape index (κ1) is 15.7. The maximum Gasteiger partial charge on any atom is 0.237 e. The number of rotatable bonds is 5. The minimum Gasteiger partial charge on any atom is -0.325 e. The van der Waals surface area contributed by atoms with Gasteiger partial charge in [-0.1, -0.05) is 30.0 Å². The van der Waals surface area contributed by atoms with E-state index in [1.54, 1.807) is 0 Å². The average Bonchev–Trinajstić information content (AvgIpc) is 2.84. The number of anilines is 1. The summed E-state index contributed by atoms with van der Waals surface area (Å²) in [4.78, 5) is 12.3. The van der Waals surface area contributed by atoms with Crippen LogP contribution >= 0.6 is 45.7 Å². The van der Waals surface area contributed by atoms with E-state index in [1.165, 1.54) is 23.1 Å². The van der Waals surface area contributed by atoms with E-state index in [4.69, 9.17) is 0 Å². The first-order valence-electron chi connectivity index (χ1n) is 6.11. The van der Waals surface area contributed by atoms with Crippen molar-refractivity contribution in [3.05, 3.63) is 32.8 Å². The van der Waals surface area contributed by atoms with Gasteiger partial charge in [0.1, 0.15) is 5.01 Å². The maximum absolute atomic E-state index is 12.3. The standard InChI is InChI=1S/C13H14IN3OS2/c1-3-11(20-13-17-16-8(2)19-13)12(18)15-10-6-4-9(14)5-7-10/h4-7,11H,3H2,1-2H3,(H,15,18). The van der Waals surface area contributed by atoms with E-state index in [1.807, 2.05) is 38.1 Å². The van der Waals surface area contributed by atoms with Gasteiger partial charge >= 0.3 is 0 Å². The van der Waals surface area contributed by atoms with Crippen molar-refractivity contribution < 1.29 is 4.79 Å². The van der Waals surface area contributed by atoms with Crippen molar-refractivity contribution in [3.63, 3.8) is 0 Å². The number of carbonyl (C=O) groups is 1. The van der Waals surface area contributed by atoms with Crippen LogP contribution in [0.15, 0.2) is 28.6 Å². The van der Waals surface area contributed by atoms with Crippen LogP contribution in [0.3, 0.4) is 0 Å². The second-order valence-electron chi connectivity index (χ2n) is 4.10. The third kappa shape index (κ3) is 4.42. The molecule has 0 radical (unpaired) electrons. The van der Waals surface area contributed by atoms with Gasteiger partial charge in [-0.2, -0.15) is 0 Å². The SMILES string of the molecule is CCC(Sc1nnc(C)s1)C(=O)Nc1ccc(I)cc1. The Morgan fingerprint density at radius 2 is 2.10 bits per heavy atom. The zero-order valence-electron chi connectivity index (χ0n) is 11.1. The molecule has 7 heteroatoms. The van der Waals surface area contributed by atoms with Crippen molar-refractivity contribution in [3.8, 4) is 0 Å². The number of carbonyl (C=O) groups excluding carboxylic acids is 1. The summed E-state index contributed by atoms with van der Waals surface area (Å²) in [7, 11) is 0. The lowest BCUT2D eigenvalue weighted by Gasteiger charge is -2.13. The Morgan fingerprint density at radius 3 is 2.65 bits per heavy atom. The van der Waals surface area contributed by atoms with Gasteiger partial charge in [-0.25, -0.2) is 0 Å². The molecule has 1 amide bonds. The minimum absolute atomic E-state index is 0.00608. The molecule has 0 aliphatic heterocycles. The quantitative estimate of drug-likeness (QED) is 0.589. The van der Waals surface area contributed by atoms with E-state index >= 15 is 0 Å². The molecule has 1 unspecified atom stereocenters. The summed E-state index contributed by atoms with van der Waals surface area (Å²) >= 11 is 5.23. The molecule has 0 saturated carbocycles. The summed E-state index contributed by atoms with van der Waals surface area (Å²) in [5.41, 5.74) is 0.822. The van der Waals surface area contributed by atoms with Crippen molar-refractivity contribution >= 4 is 57.3 Å². The average molecular weight is 419 g/mol. The highest BCUT2D eigenvalue weighted by Gasteiger charge is 2.20. The van der Waals surface area contributed by atoms with E-state index in [2.05, 4.69) is 38.1 Å². The molecule has 1 aromatic heterocycles. The minimum atomic E-state index is -0.151. The molecule has 2 aromatic rings. The van der Waals surface area contributed by atoms with Crippen molar-refractivity contribution in [2.45, 2.75) is 29.9 Å². The second kappa shape index (κ2) is 7.37. The van der Waals surface area contributed by atoms with Crippen LogP contribution in [0, 0.1) is 10.5 Å². The first-order chi connectivity index (χ1) is 9.58. The predicted octanol–water partition coefficient (Wildman–Crippen LogP) is 3.96. The number of nitrogens with zero attached hydrogens (tertiary/aromatic N) is 2. The number of benzene rings is 1. The largest absolute Gasteiger partial charge is 0.325 e.